The van der Waals surface area contributed by atoms with Gasteiger partial charge in [0.1, 0.15) is 25.6 Å². The number of carbonyl (C=O) groups excluding carboxylic acids is 1. The maximum absolute atomic E-state index is 13.3. The van der Waals surface area contributed by atoms with Crippen LogP contribution >= 0.6 is 0 Å². The Morgan fingerprint density at radius 3 is 2.54 bits per heavy atom. The number of alkyl halides is 1. The van der Waals surface area contributed by atoms with Crippen LogP contribution in [0.2, 0.25) is 0 Å². The normalized spacial score (nSPS) is 17.2. The average molecular weight is 505 g/mol. The summed E-state index contributed by atoms with van der Waals surface area (Å²) < 4.78 is 29.9. The summed E-state index contributed by atoms with van der Waals surface area (Å²) in [6.07, 6.45) is 2.24. The molecule has 0 saturated carbocycles. The highest BCUT2D eigenvalue weighted by molar-refractivity contribution is 5.70. The monoisotopic (exact) mass is 504 g/mol. The SMILES string of the molecule is NC(CF)c1cccc(-c2cc(COc3ccccc3COC=O)cc(N3CCC4(CC3)COC4)c2)c1. The first-order valence-corrected chi connectivity index (χ1v) is 12.7. The quantitative estimate of drug-likeness (QED) is 0.383. The van der Waals surface area contributed by atoms with Crippen molar-refractivity contribution in [2.75, 3.05) is 37.9 Å². The lowest BCUT2D eigenvalue weighted by Gasteiger charge is -2.48. The Kier molecular flexibility index (Phi) is 7.72. The number of anilines is 1. The fourth-order valence-electron chi connectivity index (χ4n) is 5.11. The molecule has 5 rings (SSSR count). The summed E-state index contributed by atoms with van der Waals surface area (Å²) in [5.74, 6) is 0.678. The number of para-hydroxylation sites is 1. The molecule has 0 aliphatic carbocycles. The predicted octanol–water partition coefficient (Wildman–Crippen LogP) is 5.19. The third kappa shape index (κ3) is 5.78. The maximum Gasteiger partial charge on any atom is 0.293 e. The Balaban J connectivity index is 1.43. The van der Waals surface area contributed by atoms with E-state index in [9.17, 15) is 9.18 Å². The summed E-state index contributed by atoms with van der Waals surface area (Å²) in [6.45, 7) is 4.05. The van der Waals surface area contributed by atoms with E-state index in [0.717, 1.165) is 72.6 Å². The number of hydrogen-bond acceptors (Lipinski definition) is 6. The predicted molar refractivity (Wildman–Crippen MR) is 141 cm³/mol. The molecule has 0 amide bonds. The van der Waals surface area contributed by atoms with Gasteiger partial charge in [-0.3, -0.25) is 4.79 Å². The number of piperidine rings is 1. The van der Waals surface area contributed by atoms with Gasteiger partial charge >= 0.3 is 0 Å². The van der Waals surface area contributed by atoms with Gasteiger partial charge in [-0.1, -0.05) is 36.4 Å². The van der Waals surface area contributed by atoms with E-state index in [2.05, 4.69) is 23.1 Å². The molecule has 1 atom stereocenters. The lowest BCUT2D eigenvalue weighted by atomic mass is 9.76. The number of carbonyl (C=O) groups is 1. The molecule has 3 aromatic rings. The van der Waals surface area contributed by atoms with Crippen molar-refractivity contribution in [3.05, 3.63) is 83.4 Å². The highest BCUT2D eigenvalue weighted by Gasteiger charge is 2.41. The van der Waals surface area contributed by atoms with Crippen molar-refractivity contribution in [1.29, 1.82) is 0 Å². The van der Waals surface area contributed by atoms with E-state index in [1.807, 2.05) is 48.5 Å². The number of ether oxygens (including phenoxy) is 3. The minimum atomic E-state index is -0.640. The fraction of sp³-hybridized carbons (Fsp3) is 0.367. The van der Waals surface area contributed by atoms with Crippen molar-refractivity contribution in [2.45, 2.75) is 32.1 Å². The van der Waals surface area contributed by atoms with Gasteiger partial charge in [0.2, 0.25) is 0 Å². The largest absolute Gasteiger partial charge is 0.488 e. The lowest BCUT2D eigenvalue weighted by molar-refractivity contribution is -0.129. The summed E-state index contributed by atoms with van der Waals surface area (Å²) >= 11 is 0. The molecule has 3 aromatic carbocycles. The fourth-order valence-corrected chi connectivity index (χ4v) is 5.11. The minimum absolute atomic E-state index is 0.159. The summed E-state index contributed by atoms with van der Waals surface area (Å²) in [7, 11) is 0. The van der Waals surface area contributed by atoms with Gasteiger partial charge in [-0.25, -0.2) is 4.39 Å². The van der Waals surface area contributed by atoms with Gasteiger partial charge in [0, 0.05) is 29.8 Å². The van der Waals surface area contributed by atoms with Crippen molar-refractivity contribution in [1.82, 2.24) is 0 Å². The summed E-state index contributed by atoms with van der Waals surface area (Å²) in [6, 6.07) is 21.2. The molecule has 2 aliphatic rings. The number of rotatable bonds is 10. The molecule has 6 nitrogen and oxygen atoms in total. The Morgan fingerprint density at radius 1 is 1.00 bits per heavy atom. The number of nitrogens with two attached hydrogens (primary N) is 1. The van der Waals surface area contributed by atoms with Gasteiger partial charge in [0.15, 0.2) is 0 Å². The smallest absolute Gasteiger partial charge is 0.293 e. The van der Waals surface area contributed by atoms with Gasteiger partial charge in [-0.05, 0) is 65.4 Å². The van der Waals surface area contributed by atoms with Crippen LogP contribution in [-0.4, -0.2) is 39.5 Å². The van der Waals surface area contributed by atoms with Crippen LogP contribution in [0.25, 0.3) is 11.1 Å². The average Bonchev–Trinajstić information content (AvgIpc) is 2.94. The topological polar surface area (TPSA) is 74.0 Å². The van der Waals surface area contributed by atoms with Crippen LogP contribution in [-0.2, 0) is 27.5 Å². The van der Waals surface area contributed by atoms with E-state index < -0.39 is 12.7 Å². The first-order chi connectivity index (χ1) is 18.1. The minimum Gasteiger partial charge on any atom is -0.488 e. The van der Waals surface area contributed by atoms with Gasteiger partial charge in [0.25, 0.3) is 6.47 Å². The van der Waals surface area contributed by atoms with Crippen LogP contribution in [0.4, 0.5) is 10.1 Å². The number of halogens is 1. The molecule has 2 N–H and O–H groups in total. The molecule has 0 radical (unpaired) electrons. The second-order valence-electron chi connectivity index (χ2n) is 10.1. The molecule has 2 aliphatic heterocycles. The standard InChI is InChI=1S/C30H33FN2O4/c31-16-28(32)24-6-3-5-23(14-24)26-12-22(17-37-29-7-2-1-4-25(29)18-35-21-34)13-27(15-26)33-10-8-30(9-11-33)19-36-20-30/h1-7,12-15,21,28H,8-11,16-20,32H2. The van der Waals surface area contributed by atoms with Crippen LogP contribution in [0, 0.1) is 5.41 Å². The van der Waals surface area contributed by atoms with E-state index in [1.165, 1.54) is 0 Å². The van der Waals surface area contributed by atoms with Crippen LogP contribution in [0.3, 0.4) is 0 Å². The first kappa shape index (κ1) is 25.2. The lowest BCUT2D eigenvalue weighted by Crippen LogP contribution is -2.50. The zero-order valence-corrected chi connectivity index (χ0v) is 20.9. The zero-order chi connectivity index (χ0) is 25.7. The zero-order valence-electron chi connectivity index (χ0n) is 20.9. The Bertz CT molecular complexity index is 1220. The molecule has 2 saturated heterocycles. The third-order valence-corrected chi connectivity index (χ3v) is 7.47. The van der Waals surface area contributed by atoms with E-state index in [-0.39, 0.29) is 6.61 Å². The summed E-state index contributed by atoms with van der Waals surface area (Å²) in [5.41, 5.74) is 12.1. The summed E-state index contributed by atoms with van der Waals surface area (Å²) in [5, 5.41) is 0. The van der Waals surface area contributed by atoms with E-state index in [1.54, 1.807) is 0 Å². The Hall–Kier alpha value is -3.42. The molecule has 7 heteroatoms. The molecule has 0 bridgehead atoms. The summed E-state index contributed by atoms with van der Waals surface area (Å²) in [4.78, 5) is 13.1. The molecule has 1 unspecified atom stereocenters. The second-order valence-corrected chi connectivity index (χ2v) is 10.1. The number of benzene rings is 3. The Morgan fingerprint density at radius 2 is 1.81 bits per heavy atom. The molecule has 194 valence electrons. The van der Waals surface area contributed by atoms with Crippen molar-refractivity contribution in [2.24, 2.45) is 11.1 Å². The highest BCUT2D eigenvalue weighted by Crippen LogP contribution is 2.40. The van der Waals surface area contributed by atoms with Crippen molar-refractivity contribution in [3.63, 3.8) is 0 Å². The maximum atomic E-state index is 13.3. The van der Waals surface area contributed by atoms with Crippen LogP contribution in [0.5, 0.6) is 5.75 Å². The second kappa shape index (κ2) is 11.3. The molecule has 0 aromatic heterocycles. The molecule has 1 spiro atoms. The van der Waals surface area contributed by atoms with Crippen molar-refractivity contribution < 1.29 is 23.4 Å². The molecule has 37 heavy (non-hydrogen) atoms. The van der Waals surface area contributed by atoms with Crippen LogP contribution in [0.1, 0.15) is 35.6 Å². The molecular weight excluding hydrogens is 471 g/mol. The third-order valence-electron chi connectivity index (χ3n) is 7.47. The molecular formula is C30H33FN2O4. The van der Waals surface area contributed by atoms with Crippen molar-refractivity contribution >= 4 is 12.2 Å². The van der Waals surface area contributed by atoms with Gasteiger partial charge in [-0.2, -0.15) is 0 Å². The van der Waals surface area contributed by atoms with Gasteiger partial charge in [-0.15, -0.1) is 0 Å². The molecule has 2 heterocycles. The molecule has 2 fully saturated rings. The van der Waals surface area contributed by atoms with E-state index in [0.29, 0.717) is 24.2 Å². The van der Waals surface area contributed by atoms with E-state index in [4.69, 9.17) is 19.9 Å². The van der Waals surface area contributed by atoms with E-state index >= 15 is 0 Å². The van der Waals surface area contributed by atoms with Gasteiger partial charge < -0.3 is 24.8 Å². The number of hydrogen-bond donors (Lipinski definition) is 1. The number of nitrogens with zero attached hydrogens (tertiary/aromatic N) is 1. The van der Waals surface area contributed by atoms with Crippen LogP contribution < -0.4 is 15.4 Å². The van der Waals surface area contributed by atoms with Crippen molar-refractivity contribution in [3.8, 4) is 16.9 Å². The van der Waals surface area contributed by atoms with Gasteiger partial charge in [0.05, 0.1) is 19.3 Å². The first-order valence-electron chi connectivity index (χ1n) is 12.7. The van der Waals surface area contributed by atoms with Crippen LogP contribution in [0.15, 0.2) is 66.7 Å². The Labute approximate surface area is 217 Å². The highest BCUT2D eigenvalue weighted by atomic mass is 19.1.